The van der Waals surface area contributed by atoms with Crippen LogP contribution < -0.4 is 0 Å². The van der Waals surface area contributed by atoms with Crippen LogP contribution in [0.1, 0.15) is 32.8 Å². The van der Waals surface area contributed by atoms with Crippen molar-refractivity contribution >= 4 is 5.57 Å². The van der Waals surface area contributed by atoms with Gasteiger partial charge in [0.15, 0.2) is 0 Å². The SMILES string of the molecule is C=C(CC)c1ccc(F)cc1.CC. The zero-order valence-electron chi connectivity index (χ0n) is 8.60. The summed E-state index contributed by atoms with van der Waals surface area (Å²) in [5, 5.41) is 0. The first-order valence-electron chi connectivity index (χ1n) is 4.67. The molecule has 0 unspecified atom stereocenters. The molecule has 0 aliphatic carbocycles. The minimum absolute atomic E-state index is 0.197. The number of allylic oxidation sites excluding steroid dienone is 1. The Morgan fingerprint density at radius 3 is 2.08 bits per heavy atom. The number of hydrogen-bond donors (Lipinski definition) is 0. The van der Waals surface area contributed by atoms with E-state index < -0.39 is 0 Å². The fourth-order valence-electron chi connectivity index (χ4n) is 0.890. The second-order valence-electron chi connectivity index (χ2n) is 2.46. The van der Waals surface area contributed by atoms with E-state index in [0.29, 0.717) is 0 Å². The second-order valence-corrected chi connectivity index (χ2v) is 2.46. The third-order valence-corrected chi connectivity index (χ3v) is 1.68. The molecule has 0 nitrogen and oxygen atoms in total. The van der Waals surface area contributed by atoms with Gasteiger partial charge in [-0.25, -0.2) is 4.39 Å². The molecule has 13 heavy (non-hydrogen) atoms. The highest BCUT2D eigenvalue weighted by atomic mass is 19.1. The van der Waals surface area contributed by atoms with Crippen molar-refractivity contribution in [3.05, 3.63) is 42.2 Å². The highest BCUT2D eigenvalue weighted by molar-refractivity contribution is 5.62. The van der Waals surface area contributed by atoms with Gasteiger partial charge in [-0.1, -0.05) is 39.5 Å². The lowest BCUT2D eigenvalue weighted by atomic mass is 10.1. The Labute approximate surface area is 80.1 Å². The Bertz CT molecular complexity index is 246. The van der Waals surface area contributed by atoms with Gasteiger partial charge < -0.3 is 0 Å². The molecule has 1 aromatic rings. The minimum Gasteiger partial charge on any atom is -0.207 e. The Balaban J connectivity index is 0.000000671. The first kappa shape index (κ1) is 11.9. The molecule has 1 heteroatoms. The van der Waals surface area contributed by atoms with E-state index in [1.165, 1.54) is 12.1 Å². The van der Waals surface area contributed by atoms with E-state index >= 15 is 0 Å². The van der Waals surface area contributed by atoms with Crippen LogP contribution in [0.4, 0.5) is 4.39 Å². The summed E-state index contributed by atoms with van der Waals surface area (Å²) < 4.78 is 12.4. The summed E-state index contributed by atoms with van der Waals surface area (Å²) in [5.41, 5.74) is 2.07. The van der Waals surface area contributed by atoms with Crippen LogP contribution in [0.5, 0.6) is 0 Å². The molecule has 0 saturated carbocycles. The molecule has 0 saturated heterocycles. The monoisotopic (exact) mass is 180 g/mol. The summed E-state index contributed by atoms with van der Waals surface area (Å²) >= 11 is 0. The van der Waals surface area contributed by atoms with Crippen LogP contribution in [0, 0.1) is 5.82 Å². The summed E-state index contributed by atoms with van der Waals surface area (Å²) in [6.45, 7) is 9.88. The molecule has 0 fully saturated rings. The summed E-state index contributed by atoms with van der Waals surface area (Å²) in [7, 11) is 0. The molecule has 0 N–H and O–H groups in total. The van der Waals surface area contributed by atoms with Crippen molar-refractivity contribution in [2.45, 2.75) is 27.2 Å². The van der Waals surface area contributed by atoms with Crippen LogP contribution in [0.15, 0.2) is 30.8 Å². The van der Waals surface area contributed by atoms with Crippen LogP contribution in [-0.2, 0) is 0 Å². The second kappa shape index (κ2) is 6.41. The Morgan fingerprint density at radius 1 is 1.23 bits per heavy atom. The van der Waals surface area contributed by atoms with Crippen molar-refractivity contribution in [2.75, 3.05) is 0 Å². The molecular formula is C12H17F. The minimum atomic E-state index is -0.197. The fourth-order valence-corrected chi connectivity index (χ4v) is 0.890. The van der Waals surface area contributed by atoms with E-state index in [2.05, 4.69) is 6.58 Å². The van der Waals surface area contributed by atoms with Gasteiger partial charge in [0, 0.05) is 0 Å². The van der Waals surface area contributed by atoms with Crippen molar-refractivity contribution in [3.63, 3.8) is 0 Å². The third kappa shape index (κ3) is 3.88. The first-order valence-corrected chi connectivity index (χ1v) is 4.67. The lowest BCUT2D eigenvalue weighted by Crippen LogP contribution is -1.80. The van der Waals surface area contributed by atoms with Gasteiger partial charge in [-0.05, 0) is 29.7 Å². The molecule has 0 radical (unpaired) electrons. The van der Waals surface area contributed by atoms with Crippen LogP contribution in [-0.4, -0.2) is 0 Å². The number of benzene rings is 1. The summed E-state index contributed by atoms with van der Waals surface area (Å²) in [4.78, 5) is 0. The van der Waals surface area contributed by atoms with E-state index in [9.17, 15) is 4.39 Å². The Hall–Kier alpha value is -1.11. The van der Waals surface area contributed by atoms with E-state index in [1.807, 2.05) is 20.8 Å². The number of rotatable bonds is 2. The van der Waals surface area contributed by atoms with Crippen molar-refractivity contribution in [3.8, 4) is 0 Å². The van der Waals surface area contributed by atoms with Crippen LogP contribution >= 0.6 is 0 Å². The third-order valence-electron chi connectivity index (χ3n) is 1.68. The molecule has 1 aromatic carbocycles. The van der Waals surface area contributed by atoms with Crippen LogP contribution in [0.25, 0.3) is 5.57 Å². The number of hydrogen-bond acceptors (Lipinski definition) is 0. The molecule has 0 atom stereocenters. The molecule has 0 aliphatic heterocycles. The molecule has 0 aliphatic rings. The quantitative estimate of drug-likeness (QED) is 0.637. The maximum Gasteiger partial charge on any atom is 0.123 e. The lowest BCUT2D eigenvalue weighted by Gasteiger charge is -2.00. The van der Waals surface area contributed by atoms with E-state index in [-0.39, 0.29) is 5.82 Å². The summed E-state index contributed by atoms with van der Waals surface area (Å²) in [6.07, 6.45) is 0.908. The molecule has 0 spiro atoms. The van der Waals surface area contributed by atoms with E-state index in [1.54, 1.807) is 12.1 Å². The van der Waals surface area contributed by atoms with Crippen LogP contribution in [0.3, 0.4) is 0 Å². The van der Waals surface area contributed by atoms with Crippen molar-refractivity contribution in [1.82, 2.24) is 0 Å². The van der Waals surface area contributed by atoms with Gasteiger partial charge in [-0.2, -0.15) is 0 Å². The first-order chi connectivity index (χ1) is 6.24. The van der Waals surface area contributed by atoms with E-state index in [4.69, 9.17) is 0 Å². The van der Waals surface area contributed by atoms with Crippen molar-refractivity contribution in [1.29, 1.82) is 0 Å². The van der Waals surface area contributed by atoms with Gasteiger partial charge in [0.25, 0.3) is 0 Å². The summed E-state index contributed by atoms with van der Waals surface area (Å²) in [5.74, 6) is -0.197. The standard InChI is InChI=1S/C10H11F.C2H6/c1-3-8(2)9-4-6-10(11)7-5-9;1-2/h4-7H,2-3H2,1H3;1-2H3. The molecule has 1 rings (SSSR count). The fraction of sp³-hybridized carbons (Fsp3) is 0.333. The topological polar surface area (TPSA) is 0 Å². The summed E-state index contributed by atoms with van der Waals surface area (Å²) in [6, 6.07) is 6.41. The highest BCUT2D eigenvalue weighted by Crippen LogP contribution is 2.15. The Morgan fingerprint density at radius 2 is 1.69 bits per heavy atom. The van der Waals surface area contributed by atoms with Gasteiger partial charge in [-0.15, -0.1) is 0 Å². The average Bonchev–Trinajstić information content (AvgIpc) is 2.21. The highest BCUT2D eigenvalue weighted by Gasteiger charge is 1.95. The van der Waals surface area contributed by atoms with Gasteiger partial charge in [0.2, 0.25) is 0 Å². The van der Waals surface area contributed by atoms with Crippen molar-refractivity contribution in [2.24, 2.45) is 0 Å². The smallest absolute Gasteiger partial charge is 0.123 e. The average molecular weight is 180 g/mol. The van der Waals surface area contributed by atoms with Gasteiger partial charge in [0.05, 0.1) is 0 Å². The maximum absolute atomic E-state index is 12.4. The molecule has 0 heterocycles. The van der Waals surface area contributed by atoms with E-state index in [0.717, 1.165) is 17.6 Å². The molecule has 0 bridgehead atoms. The molecule has 72 valence electrons. The predicted molar refractivity (Wildman–Crippen MR) is 57.1 cm³/mol. The normalized spacial score (nSPS) is 8.62. The van der Waals surface area contributed by atoms with Crippen LogP contribution in [0.2, 0.25) is 0 Å². The zero-order valence-corrected chi connectivity index (χ0v) is 8.60. The lowest BCUT2D eigenvalue weighted by molar-refractivity contribution is 0.627. The van der Waals surface area contributed by atoms with Gasteiger partial charge in [0.1, 0.15) is 5.82 Å². The van der Waals surface area contributed by atoms with Gasteiger partial charge in [-0.3, -0.25) is 0 Å². The maximum atomic E-state index is 12.4. The predicted octanol–water partition coefficient (Wildman–Crippen LogP) is 4.28. The molecule has 0 amide bonds. The largest absolute Gasteiger partial charge is 0.207 e. The molecular weight excluding hydrogens is 163 g/mol. The molecule has 0 aromatic heterocycles. The van der Waals surface area contributed by atoms with Gasteiger partial charge >= 0.3 is 0 Å². The number of halogens is 1. The zero-order chi connectivity index (χ0) is 10.3. The Kier molecular flexibility index (Phi) is 5.86. The van der Waals surface area contributed by atoms with Crippen molar-refractivity contribution < 1.29 is 4.39 Å².